The quantitative estimate of drug-likeness (QED) is 0.0675. The van der Waals surface area contributed by atoms with Crippen LogP contribution < -0.4 is 15.3 Å². The van der Waals surface area contributed by atoms with Gasteiger partial charge in [0.25, 0.3) is 0 Å². The van der Waals surface area contributed by atoms with Gasteiger partial charge in [0.15, 0.2) is 20.2 Å². The van der Waals surface area contributed by atoms with Crippen molar-refractivity contribution in [2.45, 2.75) is 64.4 Å². The van der Waals surface area contributed by atoms with Crippen LogP contribution in [-0.2, 0) is 40.7 Å². The first-order chi connectivity index (χ1) is 25.4. The van der Waals surface area contributed by atoms with Crippen LogP contribution in [0.1, 0.15) is 50.7 Å². The molecule has 0 unspecified atom stereocenters. The van der Waals surface area contributed by atoms with Crippen molar-refractivity contribution in [2.75, 3.05) is 24.6 Å². The summed E-state index contributed by atoms with van der Waals surface area (Å²) in [5.74, 6) is 1.53. The molecule has 0 saturated carbocycles. The van der Waals surface area contributed by atoms with Crippen LogP contribution in [0.3, 0.4) is 0 Å². The Morgan fingerprint density at radius 1 is 0.589 bits per heavy atom. The smallest absolute Gasteiger partial charge is 0.741 e. The van der Waals surface area contributed by atoms with Crippen molar-refractivity contribution in [1.82, 2.24) is 0 Å². The third-order valence-electron chi connectivity index (χ3n) is 5.67. The minimum atomic E-state index is -6.09. The van der Waals surface area contributed by atoms with E-state index < -0.39 is 47.1 Å². The fourth-order valence-electron chi connectivity index (χ4n) is 3.49. The summed E-state index contributed by atoms with van der Waals surface area (Å²) >= 11 is 0. The first-order valence-corrected chi connectivity index (χ1v) is 21.1. The average molecular weight is 961 g/mol. The van der Waals surface area contributed by atoms with Crippen molar-refractivity contribution in [2.24, 2.45) is 0 Å². The summed E-state index contributed by atoms with van der Waals surface area (Å²) in [6.45, 7) is 6.94. The molecule has 13 nitrogen and oxygen atoms in total. The van der Waals surface area contributed by atoms with E-state index in [-0.39, 0.29) is 20.4 Å². The molecule has 308 valence electrons. The Bertz CT molecular complexity index is 1810. The van der Waals surface area contributed by atoms with E-state index in [1.807, 2.05) is 38.1 Å². The van der Waals surface area contributed by atoms with Gasteiger partial charge >= 0.3 is 31.4 Å². The molecule has 0 N–H and O–H groups in total. The predicted molar refractivity (Wildman–Crippen MR) is 190 cm³/mol. The molecule has 0 bridgehead atoms. The summed E-state index contributed by atoms with van der Waals surface area (Å²) in [4.78, 5) is 0. The standard InChI is InChI=1S/C26H28N4OP2.2C2H3N.2CHF3O3S.Pd/c1-21-7-9-23(25(19-21)32(15-3-11-27)16-4-12-28)31-24-10-8-22(2)20-26(24)33(17-5-13-29)18-6-14-30;2*1-2-3;2*2-1(3,4)8(5,6)7;/h7-10,19-20H,3-6,15-18H2,1-2H3;2*1H3;2*(H,5,6,7);/q;;;;;+2/p-2. The SMILES string of the molecule is CC#N.CC#N.Cc1ccc(Oc2ccc(C)cc2P(CCC#N)CCC#N)c(P(CCC#N)CCC#N)c1.O=S(=O)([O-])C(F)(F)F.O=S(=O)([O-])C(F)(F)F.[Pd+2]. The summed E-state index contributed by atoms with van der Waals surface area (Å²) in [5, 5.41) is 53.3. The molecule has 0 saturated heterocycles. The third kappa shape index (κ3) is 26.0. The van der Waals surface area contributed by atoms with Gasteiger partial charge in [0, 0.05) is 50.1 Å². The van der Waals surface area contributed by atoms with Crippen molar-refractivity contribution < 1.29 is 77.4 Å². The van der Waals surface area contributed by atoms with Crippen LogP contribution in [0.15, 0.2) is 36.4 Å². The summed E-state index contributed by atoms with van der Waals surface area (Å²) in [5.41, 5.74) is -9.05. The van der Waals surface area contributed by atoms with Crippen molar-refractivity contribution in [1.29, 1.82) is 31.6 Å². The summed E-state index contributed by atoms with van der Waals surface area (Å²) in [6, 6.07) is 24.7. The fourth-order valence-corrected chi connectivity index (χ4v) is 8.01. The van der Waals surface area contributed by atoms with Gasteiger partial charge in [0.05, 0.1) is 36.4 Å². The van der Waals surface area contributed by atoms with Crippen LogP contribution in [0.4, 0.5) is 26.3 Å². The topological polar surface area (TPSA) is 266 Å². The molecule has 0 amide bonds. The number of hydrogen-bond acceptors (Lipinski definition) is 13. The average Bonchev–Trinajstić information content (AvgIpc) is 3.06. The van der Waals surface area contributed by atoms with E-state index in [4.69, 9.17) is 62.2 Å². The molecule has 2 aromatic rings. The van der Waals surface area contributed by atoms with E-state index >= 15 is 0 Å². The van der Waals surface area contributed by atoms with Crippen LogP contribution in [0.5, 0.6) is 11.5 Å². The fraction of sp³-hybridized carbons (Fsp3) is 0.438. The Labute approximate surface area is 338 Å². The van der Waals surface area contributed by atoms with Gasteiger partial charge in [0.1, 0.15) is 11.5 Å². The molecular formula is C32H34F6N6O7P2PdS2. The van der Waals surface area contributed by atoms with Crippen molar-refractivity contribution in [3.63, 3.8) is 0 Å². The molecule has 56 heavy (non-hydrogen) atoms. The van der Waals surface area contributed by atoms with Crippen molar-refractivity contribution in [3.8, 4) is 47.9 Å². The number of halogens is 6. The normalized spacial score (nSPS) is 10.4. The maximum Gasteiger partial charge on any atom is 2.00 e. The molecule has 0 fully saturated rings. The Morgan fingerprint density at radius 2 is 0.804 bits per heavy atom. The Hall–Kier alpha value is -3.90. The molecule has 0 aliphatic rings. The second-order valence-corrected chi connectivity index (χ2v) is 17.6. The van der Waals surface area contributed by atoms with Crippen molar-refractivity contribution in [3.05, 3.63) is 47.5 Å². The van der Waals surface area contributed by atoms with Crippen LogP contribution >= 0.6 is 15.8 Å². The van der Waals surface area contributed by atoms with Crippen LogP contribution in [0, 0.1) is 81.8 Å². The first kappa shape index (κ1) is 58.8. The molecule has 0 aliphatic carbocycles. The van der Waals surface area contributed by atoms with Gasteiger partial charge in [-0.1, -0.05) is 39.1 Å². The van der Waals surface area contributed by atoms with Crippen molar-refractivity contribution >= 4 is 46.7 Å². The van der Waals surface area contributed by atoms with E-state index in [2.05, 4.69) is 36.4 Å². The molecular weight excluding hydrogens is 927 g/mol. The Morgan fingerprint density at radius 3 is 0.982 bits per heavy atom. The van der Waals surface area contributed by atoms with Gasteiger partial charge in [-0.05, 0) is 62.8 Å². The molecule has 0 heterocycles. The largest absolute Gasteiger partial charge is 2.00 e. The van der Waals surface area contributed by atoms with E-state index in [0.717, 1.165) is 57.9 Å². The van der Waals surface area contributed by atoms with Gasteiger partial charge in [-0.2, -0.15) is 57.9 Å². The molecule has 2 rings (SSSR count). The van der Waals surface area contributed by atoms with Gasteiger partial charge < -0.3 is 13.8 Å². The summed E-state index contributed by atoms with van der Waals surface area (Å²) in [6.07, 6.45) is 4.77. The maximum atomic E-state index is 10.7. The van der Waals surface area contributed by atoms with Gasteiger partial charge in [-0.3, -0.25) is 0 Å². The van der Waals surface area contributed by atoms with Gasteiger partial charge in [0.2, 0.25) is 0 Å². The van der Waals surface area contributed by atoms with E-state index in [9.17, 15) is 26.3 Å². The summed E-state index contributed by atoms with van der Waals surface area (Å²) in [7, 11) is -13.6. The second kappa shape index (κ2) is 30.3. The van der Waals surface area contributed by atoms with E-state index in [1.54, 1.807) is 12.1 Å². The number of nitrogens with zero attached hydrogens (tertiary/aromatic N) is 6. The monoisotopic (exact) mass is 960 g/mol. The number of alkyl halides is 6. The van der Waals surface area contributed by atoms with E-state index in [0.29, 0.717) is 25.7 Å². The molecule has 0 spiro atoms. The number of rotatable bonds is 12. The molecule has 0 atom stereocenters. The van der Waals surface area contributed by atoms with Crippen LogP contribution in [-0.4, -0.2) is 61.6 Å². The zero-order valence-corrected chi connectivity index (χ0v) is 34.9. The molecule has 24 heteroatoms. The van der Waals surface area contributed by atoms with Gasteiger partial charge in [-0.25, -0.2) is 16.8 Å². The molecule has 0 aliphatic heterocycles. The minimum Gasteiger partial charge on any atom is -0.741 e. The minimum absolute atomic E-state index is 0. The molecule has 0 aromatic heterocycles. The first-order valence-electron chi connectivity index (χ1n) is 14.9. The second-order valence-electron chi connectivity index (χ2n) is 9.90. The van der Waals surface area contributed by atoms with Crippen LogP contribution in [0.2, 0.25) is 0 Å². The maximum absolute atomic E-state index is 10.7. The Kier molecular flexibility index (Phi) is 31.8. The van der Waals surface area contributed by atoms with Gasteiger partial charge in [-0.15, -0.1) is 0 Å². The number of aryl methyl sites for hydroxylation is 2. The Balaban J connectivity index is -0.000000480. The predicted octanol–water partition coefficient (Wildman–Crippen LogP) is 7.12. The van der Waals surface area contributed by atoms with E-state index in [1.165, 1.54) is 13.8 Å². The molecule has 2 aromatic carbocycles. The number of nitriles is 6. The molecule has 0 radical (unpaired) electrons. The number of hydrogen-bond donors (Lipinski definition) is 0. The number of ether oxygens (including phenoxy) is 1. The summed E-state index contributed by atoms with van der Waals surface area (Å²) < 4.78 is 124. The zero-order chi connectivity index (χ0) is 43.5. The number of benzene rings is 2. The zero-order valence-electron chi connectivity index (χ0n) is 30.0. The third-order valence-corrected chi connectivity index (χ3v) is 11.9. The van der Waals surface area contributed by atoms with Crippen LogP contribution in [0.25, 0.3) is 0 Å².